The highest BCUT2D eigenvalue weighted by Crippen LogP contribution is 2.43. The number of aromatic nitrogens is 3. The highest BCUT2D eigenvalue weighted by Gasteiger charge is 2.24. The first kappa shape index (κ1) is 32.4. The van der Waals surface area contributed by atoms with Crippen LogP contribution in [0, 0.1) is 34.0 Å². The monoisotopic (exact) mass is 712 g/mol. The molecule has 0 aliphatic rings. The number of hydrogen-bond donors (Lipinski definition) is 0. The van der Waals surface area contributed by atoms with E-state index in [0.717, 1.165) is 88.4 Å². The SMILES string of the molecule is N#Cc1ccc(-c2ccc3c4ccccc4n(-c4cncc(-n5c6ccccc6c6ccc(-c7ccc(C#N)cc7)cc65)c4-c4ccccc4C#N)c3c2)cc1. The van der Waals surface area contributed by atoms with Crippen LogP contribution in [0.5, 0.6) is 0 Å². The normalized spacial score (nSPS) is 11.2. The van der Waals surface area contributed by atoms with Gasteiger partial charge in [-0.15, -0.1) is 0 Å². The fourth-order valence-electron chi connectivity index (χ4n) is 8.15. The van der Waals surface area contributed by atoms with Crippen molar-refractivity contribution < 1.29 is 0 Å². The molecule has 0 radical (unpaired) electrons. The number of pyridine rings is 1. The van der Waals surface area contributed by atoms with Gasteiger partial charge in [-0.05, 0) is 76.9 Å². The van der Waals surface area contributed by atoms with Gasteiger partial charge >= 0.3 is 0 Å². The summed E-state index contributed by atoms with van der Waals surface area (Å²) in [7, 11) is 0. The number of rotatable bonds is 5. The van der Waals surface area contributed by atoms with Crippen LogP contribution in [0.25, 0.3) is 88.4 Å². The molecule has 258 valence electrons. The van der Waals surface area contributed by atoms with Gasteiger partial charge in [0.05, 0.1) is 80.7 Å². The van der Waals surface area contributed by atoms with Gasteiger partial charge < -0.3 is 9.13 Å². The van der Waals surface area contributed by atoms with Crippen LogP contribution in [-0.4, -0.2) is 14.1 Å². The van der Waals surface area contributed by atoms with E-state index < -0.39 is 0 Å². The maximum absolute atomic E-state index is 10.6. The standard InChI is InChI=1S/C50H28N6/c51-27-32-13-17-34(18-14-32)36-21-23-42-40-9-3-5-11-44(40)55(46(42)25-36)48-30-54-31-49(50(48)39-8-2-1-7-38(39)29-53)56-45-12-6-4-10-41(45)43-24-22-37(26-47(43)56)35-19-15-33(28-52)16-20-35/h1-26,30-31H. The van der Waals surface area contributed by atoms with Crippen LogP contribution >= 0.6 is 0 Å². The molecule has 0 saturated carbocycles. The molecule has 6 heteroatoms. The minimum Gasteiger partial charge on any atom is -0.307 e. The summed E-state index contributed by atoms with van der Waals surface area (Å²) in [5.41, 5.74) is 13.2. The number of fused-ring (bicyclic) bond motifs is 6. The summed E-state index contributed by atoms with van der Waals surface area (Å²) in [6.07, 6.45) is 3.81. The Kier molecular flexibility index (Phi) is 7.53. The molecule has 0 aliphatic heterocycles. The molecule has 0 saturated heterocycles. The molecule has 10 rings (SSSR count). The zero-order valence-electron chi connectivity index (χ0n) is 29.8. The Morgan fingerprint density at radius 3 is 1.30 bits per heavy atom. The lowest BCUT2D eigenvalue weighted by Gasteiger charge is -2.20. The van der Waals surface area contributed by atoms with Crippen molar-refractivity contribution in [2.24, 2.45) is 0 Å². The number of nitrogens with zero attached hydrogens (tertiary/aromatic N) is 6. The van der Waals surface area contributed by atoms with Crippen LogP contribution in [0.3, 0.4) is 0 Å². The number of benzene rings is 7. The van der Waals surface area contributed by atoms with Crippen LogP contribution in [0.2, 0.25) is 0 Å². The highest BCUT2D eigenvalue weighted by atomic mass is 15.0. The topological polar surface area (TPSA) is 94.1 Å². The first-order valence-electron chi connectivity index (χ1n) is 18.2. The maximum Gasteiger partial charge on any atom is 0.0998 e. The molecule has 7 aromatic carbocycles. The Morgan fingerprint density at radius 1 is 0.393 bits per heavy atom. The van der Waals surface area contributed by atoms with E-state index in [1.54, 1.807) is 0 Å². The summed E-state index contributed by atoms with van der Waals surface area (Å²) in [5, 5.41) is 33.9. The van der Waals surface area contributed by atoms with Gasteiger partial charge in [-0.25, -0.2) is 0 Å². The van der Waals surface area contributed by atoms with E-state index in [1.807, 2.05) is 85.2 Å². The van der Waals surface area contributed by atoms with Gasteiger partial charge in [-0.2, -0.15) is 15.8 Å². The van der Waals surface area contributed by atoms with Crippen LogP contribution in [-0.2, 0) is 0 Å². The average molecular weight is 713 g/mol. The second-order valence-corrected chi connectivity index (χ2v) is 13.8. The van der Waals surface area contributed by atoms with E-state index >= 15 is 0 Å². The fraction of sp³-hybridized carbons (Fsp3) is 0. The number of nitriles is 3. The quantitative estimate of drug-likeness (QED) is 0.177. The largest absolute Gasteiger partial charge is 0.307 e. The van der Waals surface area contributed by atoms with Crippen molar-refractivity contribution in [2.45, 2.75) is 0 Å². The summed E-state index contributed by atoms with van der Waals surface area (Å²) in [6, 6.07) is 59.8. The van der Waals surface area contributed by atoms with E-state index in [2.05, 4.69) is 112 Å². The van der Waals surface area contributed by atoms with Crippen molar-refractivity contribution >= 4 is 43.6 Å². The average Bonchev–Trinajstić information content (AvgIpc) is 3.78. The summed E-state index contributed by atoms with van der Waals surface area (Å²) in [5.74, 6) is 0. The first-order valence-corrected chi connectivity index (χ1v) is 18.2. The number of para-hydroxylation sites is 2. The Morgan fingerprint density at radius 2 is 0.821 bits per heavy atom. The third-order valence-corrected chi connectivity index (χ3v) is 10.7. The smallest absolute Gasteiger partial charge is 0.0998 e. The Labute approximate surface area is 322 Å². The molecule has 10 aromatic rings. The number of hydrogen-bond acceptors (Lipinski definition) is 4. The lowest BCUT2D eigenvalue weighted by atomic mass is 9.97. The minimum absolute atomic E-state index is 0.555. The molecule has 0 N–H and O–H groups in total. The summed E-state index contributed by atoms with van der Waals surface area (Å²) >= 11 is 0. The molecule has 0 spiro atoms. The van der Waals surface area contributed by atoms with E-state index in [4.69, 9.17) is 4.98 Å². The molecule has 0 aliphatic carbocycles. The molecule has 0 atom stereocenters. The van der Waals surface area contributed by atoms with Gasteiger partial charge in [0, 0.05) is 32.7 Å². The molecule has 0 bridgehead atoms. The van der Waals surface area contributed by atoms with Crippen molar-refractivity contribution in [3.63, 3.8) is 0 Å². The lowest BCUT2D eigenvalue weighted by Crippen LogP contribution is -2.05. The third-order valence-electron chi connectivity index (χ3n) is 10.7. The maximum atomic E-state index is 10.6. The van der Waals surface area contributed by atoms with Gasteiger partial charge in [0.1, 0.15) is 0 Å². The fourth-order valence-corrected chi connectivity index (χ4v) is 8.15. The second-order valence-electron chi connectivity index (χ2n) is 13.8. The van der Waals surface area contributed by atoms with Crippen molar-refractivity contribution in [1.82, 2.24) is 14.1 Å². The van der Waals surface area contributed by atoms with Crippen molar-refractivity contribution in [1.29, 1.82) is 15.8 Å². The zero-order valence-corrected chi connectivity index (χ0v) is 29.8. The summed E-state index contributed by atoms with van der Waals surface area (Å²) in [4.78, 5) is 4.98. The predicted molar refractivity (Wildman–Crippen MR) is 223 cm³/mol. The Balaban J connectivity index is 1.32. The summed E-state index contributed by atoms with van der Waals surface area (Å²) < 4.78 is 4.54. The molecule has 6 nitrogen and oxygen atoms in total. The first-order chi connectivity index (χ1) is 27.6. The predicted octanol–water partition coefficient (Wildman–Crippen LogP) is 11.9. The lowest BCUT2D eigenvalue weighted by molar-refractivity contribution is 1.09. The zero-order chi connectivity index (χ0) is 37.8. The third kappa shape index (κ3) is 5.05. The van der Waals surface area contributed by atoms with E-state index in [0.29, 0.717) is 16.7 Å². The molecule has 0 fully saturated rings. The van der Waals surface area contributed by atoms with E-state index in [9.17, 15) is 15.8 Å². The van der Waals surface area contributed by atoms with Crippen molar-refractivity contribution in [2.75, 3.05) is 0 Å². The van der Waals surface area contributed by atoms with Gasteiger partial charge in [0.25, 0.3) is 0 Å². The molecule has 0 amide bonds. The van der Waals surface area contributed by atoms with E-state index in [-0.39, 0.29) is 0 Å². The highest BCUT2D eigenvalue weighted by molar-refractivity contribution is 6.13. The molecule has 56 heavy (non-hydrogen) atoms. The minimum atomic E-state index is 0.555. The molecular weight excluding hydrogens is 685 g/mol. The Bertz CT molecular complexity index is 3130. The Hall–Kier alpha value is -8.24. The van der Waals surface area contributed by atoms with Gasteiger partial charge in [0.15, 0.2) is 0 Å². The van der Waals surface area contributed by atoms with Gasteiger partial charge in [-0.3, -0.25) is 4.98 Å². The van der Waals surface area contributed by atoms with Crippen LogP contribution in [0.4, 0.5) is 0 Å². The van der Waals surface area contributed by atoms with Gasteiger partial charge in [-0.1, -0.05) is 103 Å². The van der Waals surface area contributed by atoms with Gasteiger partial charge in [0.2, 0.25) is 0 Å². The molecular formula is C50H28N6. The van der Waals surface area contributed by atoms with Crippen LogP contribution in [0.15, 0.2) is 170 Å². The molecule has 3 heterocycles. The summed E-state index contributed by atoms with van der Waals surface area (Å²) in [6.45, 7) is 0. The molecule has 3 aromatic heterocycles. The van der Waals surface area contributed by atoms with Crippen molar-refractivity contribution in [3.05, 3.63) is 187 Å². The molecule has 0 unspecified atom stereocenters. The second kappa shape index (κ2) is 13.0. The van der Waals surface area contributed by atoms with E-state index in [1.165, 1.54) is 0 Å². The van der Waals surface area contributed by atoms with Crippen LogP contribution in [0.1, 0.15) is 16.7 Å². The van der Waals surface area contributed by atoms with Crippen LogP contribution < -0.4 is 0 Å². The van der Waals surface area contributed by atoms with Crippen molar-refractivity contribution in [3.8, 4) is 63.0 Å².